The number of rotatable bonds is 5. The minimum atomic E-state index is -3.22. The molecule has 0 spiro atoms. The molecule has 1 aromatic carbocycles. The molecule has 0 aliphatic rings. The summed E-state index contributed by atoms with van der Waals surface area (Å²) in [6.45, 7) is 4.35. The van der Waals surface area contributed by atoms with Crippen molar-refractivity contribution in [2.45, 2.75) is 24.0 Å². The van der Waals surface area contributed by atoms with Gasteiger partial charge in [-0.25, -0.2) is 8.42 Å². The van der Waals surface area contributed by atoms with E-state index in [9.17, 15) is 8.42 Å². The number of benzene rings is 1. The highest BCUT2D eigenvalue weighted by molar-refractivity contribution is 7.92. The molecule has 16 heavy (non-hydrogen) atoms. The van der Waals surface area contributed by atoms with Crippen molar-refractivity contribution < 1.29 is 8.42 Å². The van der Waals surface area contributed by atoms with Crippen LogP contribution in [0, 0.1) is 5.92 Å². The molecule has 90 valence electrons. The van der Waals surface area contributed by atoms with E-state index < -0.39 is 9.84 Å². The van der Waals surface area contributed by atoms with E-state index in [0.717, 1.165) is 0 Å². The van der Waals surface area contributed by atoms with Gasteiger partial charge in [0.1, 0.15) is 0 Å². The van der Waals surface area contributed by atoms with E-state index >= 15 is 0 Å². The molecule has 1 unspecified atom stereocenters. The summed E-state index contributed by atoms with van der Waals surface area (Å²) in [6.07, 6.45) is 0. The van der Waals surface area contributed by atoms with Gasteiger partial charge < -0.3 is 5.32 Å². The highest BCUT2D eigenvalue weighted by atomic mass is 32.2. The van der Waals surface area contributed by atoms with Gasteiger partial charge in [0.15, 0.2) is 9.84 Å². The molecule has 0 aromatic heterocycles. The first-order valence-corrected chi connectivity index (χ1v) is 6.98. The van der Waals surface area contributed by atoms with Crippen molar-refractivity contribution >= 4 is 9.84 Å². The van der Waals surface area contributed by atoms with Crippen LogP contribution in [0.15, 0.2) is 35.2 Å². The zero-order valence-electron chi connectivity index (χ0n) is 9.97. The molecular formula is C12H19NO2S. The average molecular weight is 241 g/mol. The molecule has 3 nitrogen and oxygen atoms in total. The molecule has 1 N–H and O–H groups in total. The third kappa shape index (κ3) is 2.83. The highest BCUT2D eigenvalue weighted by Crippen LogP contribution is 2.20. The lowest BCUT2D eigenvalue weighted by Crippen LogP contribution is -2.36. The lowest BCUT2D eigenvalue weighted by atomic mass is 10.1. The van der Waals surface area contributed by atoms with Gasteiger partial charge in [-0.1, -0.05) is 32.0 Å². The SMILES string of the molecule is CNCC(C(C)C)S(=O)(=O)c1ccccc1. The summed E-state index contributed by atoms with van der Waals surface area (Å²) < 4.78 is 24.6. The highest BCUT2D eigenvalue weighted by Gasteiger charge is 2.29. The van der Waals surface area contributed by atoms with Crippen molar-refractivity contribution in [3.63, 3.8) is 0 Å². The fraction of sp³-hybridized carbons (Fsp3) is 0.500. The van der Waals surface area contributed by atoms with Crippen molar-refractivity contribution in [2.75, 3.05) is 13.6 Å². The van der Waals surface area contributed by atoms with Gasteiger partial charge in [0.25, 0.3) is 0 Å². The number of hydrogen-bond acceptors (Lipinski definition) is 3. The van der Waals surface area contributed by atoms with Crippen LogP contribution in [0.2, 0.25) is 0 Å². The van der Waals surface area contributed by atoms with E-state index in [-0.39, 0.29) is 11.2 Å². The van der Waals surface area contributed by atoms with Crippen LogP contribution < -0.4 is 5.32 Å². The van der Waals surface area contributed by atoms with Gasteiger partial charge in [-0.2, -0.15) is 0 Å². The van der Waals surface area contributed by atoms with E-state index in [1.165, 1.54) is 0 Å². The summed E-state index contributed by atoms with van der Waals surface area (Å²) in [7, 11) is -1.45. The predicted octanol–water partition coefficient (Wildman–Crippen LogP) is 1.70. The Morgan fingerprint density at radius 3 is 2.19 bits per heavy atom. The number of sulfone groups is 1. The van der Waals surface area contributed by atoms with Gasteiger partial charge >= 0.3 is 0 Å². The average Bonchev–Trinajstić information content (AvgIpc) is 2.26. The van der Waals surface area contributed by atoms with E-state index in [2.05, 4.69) is 5.32 Å². The Balaban J connectivity index is 3.09. The van der Waals surface area contributed by atoms with Gasteiger partial charge in [-0.3, -0.25) is 0 Å². The maximum atomic E-state index is 12.3. The van der Waals surface area contributed by atoms with Crippen LogP contribution in [0.3, 0.4) is 0 Å². The maximum absolute atomic E-state index is 12.3. The van der Waals surface area contributed by atoms with Gasteiger partial charge in [0.2, 0.25) is 0 Å². The Hall–Kier alpha value is -0.870. The molecule has 0 fully saturated rings. The molecule has 1 rings (SSSR count). The van der Waals surface area contributed by atoms with Crippen LogP contribution >= 0.6 is 0 Å². The summed E-state index contributed by atoms with van der Waals surface area (Å²) >= 11 is 0. The van der Waals surface area contributed by atoms with E-state index in [4.69, 9.17) is 0 Å². The molecule has 0 aliphatic heterocycles. The molecule has 0 bridgehead atoms. The third-order valence-electron chi connectivity index (χ3n) is 2.62. The monoisotopic (exact) mass is 241 g/mol. The molecule has 1 atom stereocenters. The predicted molar refractivity (Wildman–Crippen MR) is 66.2 cm³/mol. The smallest absolute Gasteiger partial charge is 0.182 e. The van der Waals surface area contributed by atoms with Crippen LogP contribution in [0.5, 0.6) is 0 Å². The maximum Gasteiger partial charge on any atom is 0.182 e. The van der Waals surface area contributed by atoms with Gasteiger partial charge in [-0.05, 0) is 25.1 Å². The summed E-state index contributed by atoms with van der Waals surface area (Å²) in [6, 6.07) is 8.63. The van der Waals surface area contributed by atoms with Crippen LogP contribution in [0.25, 0.3) is 0 Å². The molecule has 4 heteroatoms. The fourth-order valence-corrected chi connectivity index (χ4v) is 3.68. The zero-order chi connectivity index (χ0) is 12.2. The topological polar surface area (TPSA) is 46.2 Å². The first kappa shape index (κ1) is 13.2. The summed E-state index contributed by atoms with van der Waals surface area (Å²) in [4.78, 5) is 0.406. The molecule has 1 aromatic rings. The second kappa shape index (κ2) is 5.46. The Morgan fingerprint density at radius 2 is 1.75 bits per heavy atom. The molecule has 0 radical (unpaired) electrons. The van der Waals surface area contributed by atoms with Crippen LogP contribution in [-0.2, 0) is 9.84 Å². The Bertz CT molecular complexity index is 412. The minimum absolute atomic E-state index is 0.0951. The quantitative estimate of drug-likeness (QED) is 0.853. The first-order chi connectivity index (χ1) is 7.50. The molecule has 0 heterocycles. The number of nitrogens with one attached hydrogen (secondary N) is 1. The summed E-state index contributed by atoms with van der Waals surface area (Å²) in [5.74, 6) is 0.0951. The zero-order valence-corrected chi connectivity index (χ0v) is 10.8. The Morgan fingerprint density at radius 1 is 1.19 bits per heavy atom. The largest absolute Gasteiger partial charge is 0.318 e. The molecule has 0 saturated carbocycles. The second-order valence-corrected chi connectivity index (χ2v) is 6.37. The lowest BCUT2D eigenvalue weighted by molar-refractivity contribution is 0.517. The van der Waals surface area contributed by atoms with Crippen LogP contribution in [0.1, 0.15) is 13.8 Å². The van der Waals surface area contributed by atoms with E-state index in [0.29, 0.717) is 11.4 Å². The molecular weight excluding hydrogens is 222 g/mol. The van der Waals surface area contributed by atoms with Crippen molar-refractivity contribution in [2.24, 2.45) is 5.92 Å². The normalized spacial score (nSPS) is 14.0. The second-order valence-electron chi connectivity index (χ2n) is 4.20. The van der Waals surface area contributed by atoms with E-state index in [1.807, 2.05) is 19.9 Å². The van der Waals surface area contributed by atoms with E-state index in [1.54, 1.807) is 31.3 Å². The van der Waals surface area contributed by atoms with Crippen LogP contribution in [-0.4, -0.2) is 27.3 Å². The molecule has 0 saturated heterocycles. The van der Waals surface area contributed by atoms with Crippen molar-refractivity contribution in [3.8, 4) is 0 Å². The van der Waals surface area contributed by atoms with Crippen LogP contribution in [0.4, 0.5) is 0 Å². The summed E-state index contributed by atoms with van der Waals surface area (Å²) in [5, 5.41) is 2.57. The number of hydrogen-bond donors (Lipinski definition) is 1. The van der Waals surface area contributed by atoms with Gasteiger partial charge in [-0.15, -0.1) is 0 Å². The lowest BCUT2D eigenvalue weighted by Gasteiger charge is -2.20. The molecule has 0 amide bonds. The first-order valence-electron chi connectivity index (χ1n) is 5.43. The fourth-order valence-electron chi connectivity index (χ4n) is 1.69. The van der Waals surface area contributed by atoms with Crippen molar-refractivity contribution in [3.05, 3.63) is 30.3 Å². The molecule has 0 aliphatic carbocycles. The van der Waals surface area contributed by atoms with Gasteiger partial charge in [0, 0.05) is 6.54 Å². The third-order valence-corrected chi connectivity index (χ3v) is 5.06. The van der Waals surface area contributed by atoms with Crippen molar-refractivity contribution in [1.29, 1.82) is 0 Å². The standard InChI is InChI=1S/C12H19NO2S/c1-10(2)12(9-13-3)16(14,15)11-7-5-4-6-8-11/h4-8,10,12-13H,9H2,1-3H3. The Labute approximate surface area is 97.8 Å². The van der Waals surface area contributed by atoms with Gasteiger partial charge in [0.05, 0.1) is 10.1 Å². The minimum Gasteiger partial charge on any atom is -0.318 e. The Kier molecular flexibility index (Phi) is 4.50. The van der Waals surface area contributed by atoms with Crippen molar-refractivity contribution in [1.82, 2.24) is 5.32 Å². The summed E-state index contributed by atoms with van der Waals surface area (Å²) in [5.41, 5.74) is 0.